The minimum absolute atomic E-state index is 0.0866. The molecule has 3 heterocycles. The third-order valence-electron chi connectivity index (χ3n) is 5.50. The first kappa shape index (κ1) is 21.4. The Morgan fingerprint density at radius 2 is 1.88 bits per heavy atom. The maximum absolute atomic E-state index is 12.8. The van der Waals surface area contributed by atoms with Crippen LogP contribution in [0.1, 0.15) is 5.56 Å². The van der Waals surface area contributed by atoms with Crippen LogP contribution in [0.4, 0.5) is 23.1 Å². The number of aliphatic hydroxyl groups excluding tert-OH is 1. The fraction of sp³-hybridized carbons (Fsp3) is 0.182. The van der Waals surface area contributed by atoms with Crippen molar-refractivity contribution in [3.8, 4) is 5.69 Å². The number of aromatic nitrogens is 4. The molecular weight excluding hydrogens is 465 g/mol. The second kappa shape index (κ2) is 8.18. The molecule has 1 saturated heterocycles. The number of nitrogens with zero attached hydrogens (tertiary/aromatic N) is 5. The van der Waals surface area contributed by atoms with Crippen molar-refractivity contribution in [3.63, 3.8) is 0 Å². The van der Waals surface area contributed by atoms with Gasteiger partial charge in [-0.25, -0.2) is 14.3 Å². The molecule has 168 valence electrons. The van der Waals surface area contributed by atoms with Crippen molar-refractivity contribution < 1.29 is 5.11 Å². The van der Waals surface area contributed by atoms with Gasteiger partial charge >= 0.3 is 5.69 Å². The van der Waals surface area contributed by atoms with Gasteiger partial charge in [-0.1, -0.05) is 29.3 Å². The van der Waals surface area contributed by atoms with Crippen LogP contribution in [0.5, 0.6) is 0 Å². The van der Waals surface area contributed by atoms with Gasteiger partial charge in [0.05, 0.1) is 27.2 Å². The maximum atomic E-state index is 12.8. The second-order valence-corrected chi connectivity index (χ2v) is 8.62. The first-order valence-corrected chi connectivity index (χ1v) is 10.9. The van der Waals surface area contributed by atoms with E-state index in [-0.39, 0.29) is 39.2 Å². The Balaban J connectivity index is 1.48. The summed E-state index contributed by atoms with van der Waals surface area (Å²) in [5, 5.41) is 13.6. The van der Waals surface area contributed by atoms with Crippen LogP contribution < -0.4 is 21.6 Å². The molecule has 0 amide bonds. The predicted molar refractivity (Wildman–Crippen MR) is 130 cm³/mol. The Hall–Kier alpha value is -3.40. The third-order valence-corrected chi connectivity index (χ3v) is 6.11. The summed E-state index contributed by atoms with van der Waals surface area (Å²) >= 11 is 12.5. The molecule has 0 saturated carbocycles. The summed E-state index contributed by atoms with van der Waals surface area (Å²) in [5.41, 5.74) is 8.91. The number of fused-ring (bicyclic) bond motifs is 1. The first-order valence-electron chi connectivity index (χ1n) is 10.1. The van der Waals surface area contributed by atoms with Crippen LogP contribution in [0.15, 0.2) is 47.4 Å². The SMILES string of the molecule is Cc1cc(Nc2ncc3c(N)n(-c4c(Cl)cccc4Cl)c(=O)nc3n2)ccc1N1CC(O)C1. The number of β-amino-alcohol motifs (C(OH)–C–C–N with tert-alkyl or cyclic N) is 1. The number of nitrogens with one attached hydrogen (secondary N) is 1. The minimum Gasteiger partial charge on any atom is -0.389 e. The summed E-state index contributed by atoms with van der Waals surface area (Å²) < 4.78 is 1.15. The minimum atomic E-state index is -0.656. The molecule has 2 aromatic carbocycles. The van der Waals surface area contributed by atoms with Gasteiger partial charge in [0.2, 0.25) is 5.95 Å². The lowest BCUT2D eigenvalue weighted by Gasteiger charge is -2.38. The second-order valence-electron chi connectivity index (χ2n) is 7.80. The number of benzene rings is 2. The van der Waals surface area contributed by atoms with E-state index in [1.54, 1.807) is 18.2 Å². The Morgan fingerprint density at radius 3 is 2.55 bits per heavy atom. The zero-order chi connectivity index (χ0) is 23.3. The molecule has 4 N–H and O–H groups in total. The fourth-order valence-electron chi connectivity index (χ4n) is 3.85. The number of para-hydroxylation sites is 1. The summed E-state index contributed by atoms with van der Waals surface area (Å²) in [5.74, 6) is 0.359. The van der Waals surface area contributed by atoms with Gasteiger partial charge in [-0.15, -0.1) is 0 Å². The van der Waals surface area contributed by atoms with Crippen molar-refractivity contribution in [2.45, 2.75) is 13.0 Å². The highest BCUT2D eigenvalue weighted by molar-refractivity contribution is 6.37. The van der Waals surface area contributed by atoms with E-state index in [1.807, 2.05) is 25.1 Å². The van der Waals surface area contributed by atoms with Crippen molar-refractivity contribution in [1.29, 1.82) is 0 Å². The highest BCUT2D eigenvalue weighted by Crippen LogP contribution is 2.31. The lowest BCUT2D eigenvalue weighted by Crippen LogP contribution is -2.51. The van der Waals surface area contributed by atoms with E-state index in [2.05, 4.69) is 25.2 Å². The van der Waals surface area contributed by atoms with E-state index in [0.29, 0.717) is 18.5 Å². The highest BCUT2D eigenvalue weighted by Gasteiger charge is 2.25. The lowest BCUT2D eigenvalue weighted by atomic mass is 10.1. The van der Waals surface area contributed by atoms with Gasteiger partial charge < -0.3 is 21.1 Å². The van der Waals surface area contributed by atoms with Crippen molar-refractivity contribution in [3.05, 3.63) is 68.7 Å². The van der Waals surface area contributed by atoms with Crippen LogP contribution >= 0.6 is 23.2 Å². The van der Waals surface area contributed by atoms with E-state index in [1.165, 1.54) is 6.20 Å². The Labute approximate surface area is 198 Å². The van der Waals surface area contributed by atoms with Crippen molar-refractivity contribution >= 4 is 57.4 Å². The average Bonchev–Trinajstić information content (AvgIpc) is 2.74. The van der Waals surface area contributed by atoms with Crippen molar-refractivity contribution in [2.75, 3.05) is 29.0 Å². The lowest BCUT2D eigenvalue weighted by molar-refractivity contribution is 0.142. The van der Waals surface area contributed by atoms with E-state index < -0.39 is 5.69 Å². The molecule has 0 atom stereocenters. The topological polar surface area (TPSA) is 122 Å². The van der Waals surface area contributed by atoms with Gasteiger partial charge in [-0.2, -0.15) is 9.97 Å². The van der Waals surface area contributed by atoms with Gasteiger partial charge in [0.1, 0.15) is 5.82 Å². The van der Waals surface area contributed by atoms with Crippen LogP contribution in [0.25, 0.3) is 16.7 Å². The van der Waals surface area contributed by atoms with Crippen LogP contribution in [-0.2, 0) is 0 Å². The molecule has 0 radical (unpaired) electrons. The molecule has 33 heavy (non-hydrogen) atoms. The van der Waals surface area contributed by atoms with Gasteiger partial charge in [0, 0.05) is 30.7 Å². The number of hydrogen-bond acceptors (Lipinski definition) is 8. The number of hydrogen-bond donors (Lipinski definition) is 3. The zero-order valence-electron chi connectivity index (χ0n) is 17.5. The molecule has 0 spiro atoms. The summed E-state index contributed by atoms with van der Waals surface area (Å²) in [6, 6.07) is 10.7. The van der Waals surface area contributed by atoms with Gasteiger partial charge in [-0.3, -0.25) is 0 Å². The highest BCUT2D eigenvalue weighted by atomic mass is 35.5. The largest absolute Gasteiger partial charge is 0.389 e. The molecule has 5 rings (SSSR count). The number of rotatable bonds is 4. The van der Waals surface area contributed by atoms with Gasteiger partial charge in [0.25, 0.3) is 0 Å². The number of nitrogen functional groups attached to an aromatic ring is 1. The van der Waals surface area contributed by atoms with E-state index in [9.17, 15) is 9.90 Å². The van der Waals surface area contributed by atoms with Gasteiger partial charge in [-0.05, 0) is 42.8 Å². The molecule has 11 heteroatoms. The van der Waals surface area contributed by atoms with E-state index in [4.69, 9.17) is 28.9 Å². The number of aliphatic hydroxyl groups is 1. The Kier molecular flexibility index (Phi) is 5.32. The molecular formula is C22H19Cl2N7O2. The average molecular weight is 484 g/mol. The van der Waals surface area contributed by atoms with Crippen molar-refractivity contribution in [2.24, 2.45) is 0 Å². The van der Waals surface area contributed by atoms with Gasteiger partial charge in [0.15, 0.2) is 5.65 Å². The zero-order valence-corrected chi connectivity index (χ0v) is 19.0. The summed E-state index contributed by atoms with van der Waals surface area (Å²) in [7, 11) is 0. The quantitative estimate of drug-likeness (QED) is 0.404. The smallest absolute Gasteiger partial charge is 0.355 e. The fourth-order valence-corrected chi connectivity index (χ4v) is 4.42. The summed E-state index contributed by atoms with van der Waals surface area (Å²) in [4.78, 5) is 27.6. The molecule has 0 bridgehead atoms. The molecule has 2 aromatic heterocycles. The van der Waals surface area contributed by atoms with Crippen molar-refractivity contribution in [1.82, 2.24) is 19.5 Å². The molecule has 0 unspecified atom stereocenters. The molecule has 1 aliphatic heterocycles. The third kappa shape index (κ3) is 3.84. The maximum Gasteiger partial charge on any atom is 0.355 e. The Morgan fingerprint density at radius 1 is 1.15 bits per heavy atom. The van der Waals surface area contributed by atoms with E-state index >= 15 is 0 Å². The molecule has 1 aliphatic rings. The first-order chi connectivity index (χ1) is 15.8. The van der Waals surface area contributed by atoms with Crippen LogP contribution in [0.3, 0.4) is 0 Å². The van der Waals surface area contributed by atoms with Crippen LogP contribution in [-0.4, -0.2) is 43.8 Å². The number of nitrogens with two attached hydrogens (primary N) is 1. The predicted octanol–water partition coefficient (Wildman–Crippen LogP) is 3.30. The normalized spacial score (nSPS) is 13.9. The molecule has 9 nitrogen and oxygen atoms in total. The number of anilines is 4. The summed E-state index contributed by atoms with van der Waals surface area (Å²) in [6.07, 6.45) is 1.22. The number of halogens is 2. The number of aryl methyl sites for hydroxylation is 1. The standard InChI is InChI=1S/C22H19Cl2N7O2/c1-11-7-12(5-6-17(11)30-9-13(32)10-30)27-21-26-8-14-19(25)31(22(33)29-20(14)28-21)18-15(23)3-2-4-16(18)24/h2-8,13,32H,9-10,25H2,1H3,(H,27,28,29,33). The Bertz CT molecular complexity index is 1430. The summed E-state index contributed by atoms with van der Waals surface area (Å²) in [6.45, 7) is 3.26. The monoisotopic (exact) mass is 483 g/mol. The van der Waals surface area contributed by atoms with E-state index in [0.717, 1.165) is 21.5 Å². The molecule has 4 aromatic rings. The molecule has 1 fully saturated rings. The van der Waals surface area contributed by atoms with Crippen LogP contribution in [0.2, 0.25) is 10.0 Å². The molecule has 0 aliphatic carbocycles. The van der Waals surface area contributed by atoms with Crippen LogP contribution in [0, 0.1) is 6.92 Å².